The van der Waals surface area contributed by atoms with E-state index in [0.717, 1.165) is 5.56 Å². The monoisotopic (exact) mass is 511 g/mol. The topological polar surface area (TPSA) is 65.9 Å². The highest BCUT2D eigenvalue weighted by Crippen LogP contribution is 2.24. The van der Waals surface area contributed by atoms with Crippen LogP contribution in [0.4, 0.5) is 8.78 Å². The molecule has 27 heavy (non-hydrogen) atoms. The third kappa shape index (κ3) is 8.17. The number of phenolic OH excluding ortho intramolecular Hbond substituents is 1. The molecule has 0 aromatic heterocycles. The molecular formula is C18H21ClF2IN3O2. The molecule has 0 saturated carbocycles. The number of hydrogen-bond acceptors (Lipinski definition) is 3. The molecule has 2 aromatic rings. The number of ether oxygens (including phenoxy) is 1. The van der Waals surface area contributed by atoms with Gasteiger partial charge < -0.3 is 20.5 Å². The van der Waals surface area contributed by atoms with Crippen LogP contribution in [-0.2, 0) is 13.1 Å². The summed E-state index contributed by atoms with van der Waals surface area (Å²) >= 11 is 5.95. The van der Waals surface area contributed by atoms with E-state index < -0.39 is 6.61 Å². The van der Waals surface area contributed by atoms with E-state index in [9.17, 15) is 13.9 Å². The minimum atomic E-state index is -2.91. The lowest BCUT2D eigenvalue weighted by atomic mass is 10.2. The van der Waals surface area contributed by atoms with Crippen molar-refractivity contribution in [2.24, 2.45) is 4.99 Å². The largest absolute Gasteiger partial charge is 0.508 e. The van der Waals surface area contributed by atoms with Crippen LogP contribution in [0, 0.1) is 0 Å². The summed E-state index contributed by atoms with van der Waals surface area (Å²) in [6.07, 6.45) is 0. The zero-order valence-electron chi connectivity index (χ0n) is 14.6. The van der Waals surface area contributed by atoms with E-state index in [4.69, 9.17) is 11.6 Å². The number of aromatic hydroxyl groups is 1. The normalized spacial score (nSPS) is 11.1. The van der Waals surface area contributed by atoms with E-state index in [1.54, 1.807) is 24.3 Å². The van der Waals surface area contributed by atoms with Gasteiger partial charge in [0, 0.05) is 23.7 Å². The van der Waals surface area contributed by atoms with Crippen molar-refractivity contribution in [1.29, 1.82) is 0 Å². The molecule has 0 atom stereocenters. The predicted molar refractivity (Wildman–Crippen MR) is 113 cm³/mol. The molecule has 2 rings (SSSR count). The number of guanidine groups is 1. The van der Waals surface area contributed by atoms with Crippen molar-refractivity contribution in [3.05, 3.63) is 58.6 Å². The Morgan fingerprint density at radius 2 is 2.00 bits per heavy atom. The number of aliphatic imine (C=N–C) groups is 1. The van der Waals surface area contributed by atoms with Crippen LogP contribution in [0.3, 0.4) is 0 Å². The second kappa shape index (κ2) is 11.8. The van der Waals surface area contributed by atoms with Gasteiger partial charge >= 0.3 is 6.61 Å². The molecule has 0 spiro atoms. The average Bonchev–Trinajstić information content (AvgIpc) is 2.59. The Balaban J connectivity index is 0.00000364. The molecule has 0 aliphatic heterocycles. The summed E-state index contributed by atoms with van der Waals surface area (Å²) in [5, 5.41) is 16.0. The molecule has 0 bridgehead atoms. The average molecular weight is 512 g/mol. The van der Waals surface area contributed by atoms with Gasteiger partial charge in [0.15, 0.2) is 5.96 Å². The first kappa shape index (κ1) is 23.2. The maximum absolute atomic E-state index is 12.5. The number of nitrogens with zero attached hydrogens (tertiary/aromatic N) is 1. The van der Waals surface area contributed by atoms with Gasteiger partial charge in [-0.3, -0.25) is 0 Å². The fraction of sp³-hybridized carbons (Fsp3) is 0.278. The first-order valence-corrected chi connectivity index (χ1v) is 8.39. The minimum absolute atomic E-state index is 0. The van der Waals surface area contributed by atoms with Gasteiger partial charge in [0.05, 0.1) is 6.54 Å². The van der Waals surface area contributed by atoms with Crippen LogP contribution >= 0.6 is 35.6 Å². The highest BCUT2D eigenvalue weighted by Gasteiger charge is 2.11. The van der Waals surface area contributed by atoms with Gasteiger partial charge in [-0.1, -0.05) is 23.7 Å². The van der Waals surface area contributed by atoms with Crippen molar-refractivity contribution in [3.8, 4) is 11.5 Å². The standard InChI is InChI=1S/C18H20ClF2N3O2.HI/c1-2-22-18(23-10-12-4-3-5-15(25)8-12)24-11-13-9-14(19)6-7-16(13)26-17(20)21;/h3-9,17,25H,2,10-11H2,1H3,(H2,22,23,24);1H. The molecule has 0 saturated heterocycles. The molecule has 3 N–H and O–H groups in total. The number of hydrogen-bond donors (Lipinski definition) is 3. The predicted octanol–water partition coefficient (Wildman–Crippen LogP) is 4.52. The molecule has 0 aliphatic carbocycles. The second-order valence-corrected chi connectivity index (χ2v) is 5.79. The molecule has 0 amide bonds. The van der Waals surface area contributed by atoms with Crippen molar-refractivity contribution in [1.82, 2.24) is 10.6 Å². The molecule has 0 heterocycles. The van der Waals surface area contributed by atoms with E-state index in [2.05, 4.69) is 20.4 Å². The molecule has 9 heteroatoms. The van der Waals surface area contributed by atoms with Crippen LogP contribution in [0.1, 0.15) is 18.1 Å². The summed E-state index contributed by atoms with van der Waals surface area (Å²) < 4.78 is 29.6. The lowest BCUT2D eigenvalue weighted by Crippen LogP contribution is -2.36. The molecule has 5 nitrogen and oxygen atoms in total. The summed E-state index contributed by atoms with van der Waals surface area (Å²) in [6, 6.07) is 11.2. The third-order valence-corrected chi connectivity index (χ3v) is 3.59. The lowest BCUT2D eigenvalue weighted by Gasteiger charge is -2.14. The van der Waals surface area contributed by atoms with E-state index >= 15 is 0 Å². The van der Waals surface area contributed by atoms with Gasteiger partial charge in [0.1, 0.15) is 11.5 Å². The Kier molecular flexibility index (Phi) is 10.2. The summed E-state index contributed by atoms with van der Waals surface area (Å²) in [4.78, 5) is 4.41. The van der Waals surface area contributed by atoms with Crippen LogP contribution in [0.15, 0.2) is 47.5 Å². The van der Waals surface area contributed by atoms with Gasteiger partial charge in [-0.05, 0) is 42.8 Å². The molecular weight excluding hydrogens is 491 g/mol. The van der Waals surface area contributed by atoms with Gasteiger partial charge in [-0.25, -0.2) is 4.99 Å². The van der Waals surface area contributed by atoms with E-state index in [-0.39, 0.29) is 42.0 Å². The van der Waals surface area contributed by atoms with Crippen LogP contribution in [0.5, 0.6) is 11.5 Å². The fourth-order valence-corrected chi connectivity index (χ4v) is 2.44. The highest BCUT2D eigenvalue weighted by molar-refractivity contribution is 14.0. The van der Waals surface area contributed by atoms with Crippen LogP contribution in [0.2, 0.25) is 5.02 Å². The van der Waals surface area contributed by atoms with E-state index in [1.807, 2.05) is 13.0 Å². The number of benzene rings is 2. The van der Waals surface area contributed by atoms with Crippen molar-refractivity contribution in [3.63, 3.8) is 0 Å². The molecule has 0 radical (unpaired) electrons. The molecule has 0 fully saturated rings. The zero-order chi connectivity index (χ0) is 18.9. The van der Waals surface area contributed by atoms with Crippen LogP contribution in [-0.4, -0.2) is 24.2 Å². The smallest absolute Gasteiger partial charge is 0.387 e. The fourth-order valence-electron chi connectivity index (χ4n) is 2.24. The minimum Gasteiger partial charge on any atom is -0.508 e. The first-order chi connectivity index (χ1) is 12.5. The second-order valence-electron chi connectivity index (χ2n) is 5.35. The summed E-state index contributed by atoms with van der Waals surface area (Å²) in [6.45, 7) is 0.175. The lowest BCUT2D eigenvalue weighted by molar-refractivity contribution is -0.0504. The Bertz CT molecular complexity index is 763. The van der Waals surface area contributed by atoms with Gasteiger partial charge in [-0.2, -0.15) is 8.78 Å². The number of alkyl halides is 2. The number of nitrogens with one attached hydrogen (secondary N) is 2. The van der Waals surface area contributed by atoms with Crippen molar-refractivity contribution < 1.29 is 18.6 Å². The first-order valence-electron chi connectivity index (χ1n) is 8.01. The number of rotatable bonds is 7. The molecule has 0 unspecified atom stereocenters. The quantitative estimate of drug-likeness (QED) is 0.291. The summed E-state index contributed by atoms with van der Waals surface area (Å²) in [5.74, 6) is 0.725. The molecule has 0 aliphatic rings. The van der Waals surface area contributed by atoms with Crippen molar-refractivity contribution >= 4 is 41.5 Å². The SMILES string of the molecule is CCNC(=NCc1cccc(O)c1)NCc1cc(Cl)ccc1OC(F)F.I. The van der Waals surface area contributed by atoms with Crippen molar-refractivity contribution in [2.45, 2.75) is 26.6 Å². The van der Waals surface area contributed by atoms with Crippen LogP contribution < -0.4 is 15.4 Å². The zero-order valence-corrected chi connectivity index (χ0v) is 17.7. The Labute approximate surface area is 178 Å². The molecule has 2 aromatic carbocycles. The Morgan fingerprint density at radius 3 is 2.67 bits per heavy atom. The highest BCUT2D eigenvalue weighted by atomic mass is 127. The number of halogens is 4. The summed E-state index contributed by atoms with van der Waals surface area (Å²) in [5.41, 5.74) is 1.33. The maximum Gasteiger partial charge on any atom is 0.387 e. The summed E-state index contributed by atoms with van der Waals surface area (Å²) in [7, 11) is 0. The van der Waals surface area contributed by atoms with E-state index in [1.165, 1.54) is 12.1 Å². The molecule has 148 valence electrons. The van der Waals surface area contributed by atoms with Crippen LogP contribution in [0.25, 0.3) is 0 Å². The third-order valence-electron chi connectivity index (χ3n) is 3.36. The Hall–Kier alpha value is -1.81. The van der Waals surface area contributed by atoms with Gasteiger partial charge in [0.2, 0.25) is 0 Å². The van der Waals surface area contributed by atoms with Gasteiger partial charge in [0.25, 0.3) is 0 Å². The van der Waals surface area contributed by atoms with Crippen molar-refractivity contribution in [2.75, 3.05) is 6.54 Å². The Morgan fingerprint density at radius 1 is 1.22 bits per heavy atom. The maximum atomic E-state index is 12.5. The number of phenols is 1. The van der Waals surface area contributed by atoms with Gasteiger partial charge in [-0.15, -0.1) is 24.0 Å². The van der Waals surface area contributed by atoms with E-state index in [0.29, 0.717) is 29.6 Å².